The maximum atomic E-state index is 3.36. The minimum absolute atomic E-state index is 0.368. The van der Waals surface area contributed by atoms with Crippen molar-refractivity contribution in [3.05, 3.63) is 29.8 Å². The molecule has 2 heteroatoms. The summed E-state index contributed by atoms with van der Waals surface area (Å²) in [4.78, 5) is 2.39. The number of benzene rings is 1. The highest BCUT2D eigenvalue weighted by Crippen LogP contribution is 2.28. The fourth-order valence-electron chi connectivity index (χ4n) is 2.74. The fourth-order valence-corrected chi connectivity index (χ4v) is 2.74. The van der Waals surface area contributed by atoms with Crippen LogP contribution < -0.4 is 10.2 Å². The first-order valence-electron chi connectivity index (χ1n) is 7.55. The van der Waals surface area contributed by atoms with Gasteiger partial charge in [0.05, 0.1) is 0 Å². The van der Waals surface area contributed by atoms with E-state index in [-0.39, 0.29) is 0 Å². The maximum absolute atomic E-state index is 3.36. The lowest BCUT2D eigenvalue weighted by molar-refractivity contribution is 0.262. The molecule has 0 aliphatic heterocycles. The summed E-state index contributed by atoms with van der Waals surface area (Å²) in [6.45, 7) is 8.98. The summed E-state index contributed by atoms with van der Waals surface area (Å²) in [5.74, 6) is 0. The van der Waals surface area contributed by atoms with E-state index in [9.17, 15) is 0 Å². The van der Waals surface area contributed by atoms with Gasteiger partial charge in [-0.15, -0.1) is 0 Å². The predicted molar refractivity (Wildman–Crippen MR) is 86.0 cm³/mol. The van der Waals surface area contributed by atoms with Crippen molar-refractivity contribution in [2.75, 3.05) is 32.1 Å². The Bertz CT molecular complexity index is 352. The van der Waals surface area contributed by atoms with Crippen molar-refractivity contribution in [1.29, 1.82) is 0 Å². The minimum Gasteiger partial charge on any atom is -0.374 e. The second-order valence-electron chi connectivity index (χ2n) is 5.61. The lowest BCUT2D eigenvalue weighted by atomic mass is 9.81. The summed E-state index contributed by atoms with van der Waals surface area (Å²) in [5.41, 5.74) is 3.09. The van der Waals surface area contributed by atoms with Crippen molar-refractivity contribution >= 4 is 5.69 Å². The van der Waals surface area contributed by atoms with E-state index in [1.807, 2.05) is 0 Å². The number of nitrogens with zero attached hydrogens (tertiary/aromatic N) is 1. The van der Waals surface area contributed by atoms with Crippen LogP contribution in [0, 0.1) is 5.41 Å². The van der Waals surface area contributed by atoms with Gasteiger partial charge in [-0.3, -0.25) is 0 Å². The van der Waals surface area contributed by atoms with E-state index in [4.69, 9.17) is 0 Å². The van der Waals surface area contributed by atoms with Gasteiger partial charge in [0.2, 0.25) is 0 Å². The summed E-state index contributed by atoms with van der Waals surface area (Å²) in [6, 6.07) is 8.97. The van der Waals surface area contributed by atoms with E-state index >= 15 is 0 Å². The van der Waals surface area contributed by atoms with Gasteiger partial charge in [0.25, 0.3) is 0 Å². The maximum Gasteiger partial charge on any atom is 0.0363 e. The minimum atomic E-state index is 0.368. The van der Waals surface area contributed by atoms with Crippen LogP contribution in [0.15, 0.2) is 24.3 Å². The average molecular weight is 262 g/mol. The Hall–Kier alpha value is -1.02. The average Bonchev–Trinajstić information content (AvgIpc) is 2.46. The normalized spacial score (nSPS) is 11.6. The van der Waals surface area contributed by atoms with Gasteiger partial charge < -0.3 is 10.2 Å². The molecular weight excluding hydrogens is 232 g/mol. The third-order valence-corrected chi connectivity index (χ3v) is 4.41. The van der Waals surface area contributed by atoms with E-state index < -0.39 is 0 Å². The number of rotatable bonds is 8. The molecular formula is C17H30N2. The molecule has 0 amide bonds. The van der Waals surface area contributed by atoms with Crippen LogP contribution in [0.3, 0.4) is 0 Å². The van der Waals surface area contributed by atoms with Gasteiger partial charge in [0.1, 0.15) is 0 Å². The van der Waals surface area contributed by atoms with Gasteiger partial charge in [0.15, 0.2) is 0 Å². The van der Waals surface area contributed by atoms with Crippen LogP contribution in [0.5, 0.6) is 0 Å². The number of hydrogen-bond donors (Lipinski definition) is 1. The highest BCUT2D eigenvalue weighted by molar-refractivity contribution is 5.47. The lowest BCUT2D eigenvalue weighted by Gasteiger charge is -2.36. The Balaban J connectivity index is 2.77. The monoisotopic (exact) mass is 262 g/mol. The molecule has 0 heterocycles. The third-order valence-electron chi connectivity index (χ3n) is 4.41. The van der Waals surface area contributed by atoms with Gasteiger partial charge >= 0.3 is 0 Å². The topological polar surface area (TPSA) is 15.3 Å². The van der Waals surface area contributed by atoms with Crippen molar-refractivity contribution in [1.82, 2.24) is 5.32 Å². The highest BCUT2D eigenvalue weighted by Gasteiger charge is 2.27. The quantitative estimate of drug-likeness (QED) is 0.768. The molecule has 0 unspecified atom stereocenters. The largest absolute Gasteiger partial charge is 0.374 e. The van der Waals surface area contributed by atoms with Gasteiger partial charge in [-0.1, -0.05) is 32.9 Å². The third kappa shape index (κ3) is 4.24. The first kappa shape index (κ1) is 16.0. The first-order chi connectivity index (χ1) is 9.10. The molecule has 2 nitrogen and oxygen atoms in total. The summed E-state index contributed by atoms with van der Waals surface area (Å²) < 4.78 is 0. The number of anilines is 1. The molecule has 0 aromatic heterocycles. The molecule has 1 rings (SSSR count). The second kappa shape index (κ2) is 7.54. The van der Waals surface area contributed by atoms with Crippen molar-refractivity contribution in [3.8, 4) is 0 Å². The number of nitrogens with one attached hydrogen (secondary N) is 1. The van der Waals surface area contributed by atoms with E-state index in [1.54, 1.807) is 0 Å². The first-order valence-corrected chi connectivity index (χ1v) is 7.55. The number of hydrogen-bond acceptors (Lipinski definition) is 2. The van der Waals surface area contributed by atoms with E-state index in [1.165, 1.54) is 24.1 Å². The fraction of sp³-hybridized carbons (Fsp3) is 0.647. The standard InChI is InChI=1S/C17H30N2/c1-6-15-9-11-16(12-10-15)19(5)14-17(7-2,8-3)13-18-4/h9-12,18H,6-8,13-14H2,1-5H3. The molecule has 0 radical (unpaired) electrons. The van der Waals surface area contributed by atoms with Crippen molar-refractivity contribution < 1.29 is 0 Å². The Morgan fingerprint density at radius 1 is 1.05 bits per heavy atom. The SMILES string of the molecule is CCc1ccc(N(C)CC(CC)(CC)CNC)cc1. The van der Waals surface area contributed by atoms with Gasteiger partial charge in [-0.05, 0) is 49.4 Å². The molecule has 108 valence electrons. The van der Waals surface area contributed by atoms with Crippen LogP contribution >= 0.6 is 0 Å². The van der Waals surface area contributed by atoms with Crippen molar-refractivity contribution in [3.63, 3.8) is 0 Å². The zero-order valence-corrected chi connectivity index (χ0v) is 13.3. The van der Waals surface area contributed by atoms with Gasteiger partial charge in [0, 0.05) is 25.8 Å². The molecule has 0 aliphatic rings. The smallest absolute Gasteiger partial charge is 0.0363 e. The summed E-state index contributed by atoms with van der Waals surface area (Å²) in [7, 11) is 4.26. The van der Waals surface area contributed by atoms with Gasteiger partial charge in [-0.25, -0.2) is 0 Å². The molecule has 19 heavy (non-hydrogen) atoms. The van der Waals surface area contributed by atoms with Gasteiger partial charge in [-0.2, -0.15) is 0 Å². The molecule has 0 bridgehead atoms. The van der Waals surface area contributed by atoms with E-state index in [0.717, 1.165) is 19.5 Å². The van der Waals surface area contributed by atoms with Crippen LogP contribution in [-0.4, -0.2) is 27.2 Å². The molecule has 0 fully saturated rings. The van der Waals surface area contributed by atoms with Crippen molar-refractivity contribution in [2.45, 2.75) is 40.0 Å². The Labute approximate surface area is 119 Å². The predicted octanol–water partition coefficient (Wildman–Crippen LogP) is 3.71. The van der Waals surface area contributed by atoms with E-state index in [0.29, 0.717) is 5.41 Å². The molecule has 0 saturated carbocycles. The van der Waals surface area contributed by atoms with Crippen LogP contribution in [0.25, 0.3) is 0 Å². The Kier molecular flexibility index (Phi) is 6.36. The second-order valence-corrected chi connectivity index (χ2v) is 5.61. The molecule has 1 N–H and O–H groups in total. The number of aryl methyl sites for hydroxylation is 1. The van der Waals surface area contributed by atoms with Crippen LogP contribution in [0.2, 0.25) is 0 Å². The zero-order valence-electron chi connectivity index (χ0n) is 13.3. The van der Waals surface area contributed by atoms with E-state index in [2.05, 4.69) is 69.3 Å². The summed E-state index contributed by atoms with van der Waals surface area (Å²) in [5, 5.41) is 3.36. The Morgan fingerprint density at radius 3 is 2.05 bits per heavy atom. The molecule has 0 atom stereocenters. The highest BCUT2D eigenvalue weighted by atomic mass is 15.1. The molecule has 1 aromatic carbocycles. The van der Waals surface area contributed by atoms with Crippen LogP contribution in [0.4, 0.5) is 5.69 Å². The molecule has 1 aromatic rings. The van der Waals surface area contributed by atoms with Crippen LogP contribution in [0.1, 0.15) is 39.2 Å². The summed E-state index contributed by atoms with van der Waals surface area (Å²) >= 11 is 0. The molecule has 0 spiro atoms. The molecule has 0 saturated heterocycles. The molecule has 0 aliphatic carbocycles. The van der Waals surface area contributed by atoms with Crippen LogP contribution in [-0.2, 0) is 6.42 Å². The Morgan fingerprint density at radius 2 is 1.63 bits per heavy atom. The van der Waals surface area contributed by atoms with Crippen molar-refractivity contribution in [2.24, 2.45) is 5.41 Å². The zero-order chi connectivity index (χ0) is 14.3. The summed E-state index contributed by atoms with van der Waals surface area (Å²) in [6.07, 6.45) is 3.53. The lowest BCUT2D eigenvalue weighted by Crippen LogP contribution is -2.41.